The first kappa shape index (κ1) is 4.99. The van der Waals surface area contributed by atoms with Gasteiger partial charge in [0.05, 0.1) is 0 Å². The Bertz CT molecular complexity index is 172. The molecule has 0 aliphatic rings. The highest BCUT2D eigenvalue weighted by atomic mass is 16.6. The summed E-state index contributed by atoms with van der Waals surface area (Å²) in [5.41, 5.74) is 0. The van der Waals surface area contributed by atoms with Gasteiger partial charge in [-0.3, -0.25) is 0 Å². The van der Waals surface area contributed by atoms with Crippen LogP contribution in [0.4, 0.5) is 0 Å². The number of aromatic amines is 1. The molecule has 0 amide bonds. The molecule has 0 aliphatic heterocycles. The van der Waals surface area contributed by atoms with Crippen molar-refractivity contribution in [3.63, 3.8) is 0 Å². The Morgan fingerprint density at radius 2 is 2.38 bits per heavy atom. The molecule has 1 rings (SSSR count). The van der Waals surface area contributed by atoms with Gasteiger partial charge in [0.15, 0.2) is 5.75 Å². The number of hydrogen-bond acceptors (Lipinski definition) is 3. The molecule has 0 atom stereocenters. The summed E-state index contributed by atoms with van der Waals surface area (Å²) in [4.78, 5) is 6.80. The highest BCUT2D eigenvalue weighted by Gasteiger charge is 1.97. The summed E-state index contributed by atoms with van der Waals surface area (Å²) in [6.07, 6.45) is 2.83. The van der Waals surface area contributed by atoms with Gasteiger partial charge in [0.25, 0.3) is 0 Å². The largest absolute Gasteiger partial charge is 0.503 e. The number of H-pyrrole nitrogens is 1. The third-order valence-corrected chi connectivity index (χ3v) is 0.814. The van der Waals surface area contributed by atoms with Gasteiger partial charge in [-0.25, -0.2) is 0 Å². The second-order valence-electron chi connectivity index (χ2n) is 1.32. The van der Waals surface area contributed by atoms with E-state index in [1.165, 1.54) is 12.4 Å². The molecule has 0 radical (unpaired) electrons. The van der Waals surface area contributed by atoms with E-state index in [-0.39, 0.29) is 11.5 Å². The van der Waals surface area contributed by atoms with Crippen molar-refractivity contribution < 1.29 is 9.94 Å². The second kappa shape index (κ2) is 1.75. The van der Waals surface area contributed by atoms with Crippen LogP contribution in [0.25, 0.3) is 0 Å². The molecule has 4 nitrogen and oxygen atoms in total. The van der Waals surface area contributed by atoms with Gasteiger partial charge in [-0.15, -0.1) is 0 Å². The Labute approximate surface area is 45.8 Å². The summed E-state index contributed by atoms with van der Waals surface area (Å²) >= 11 is 0. The molecule has 1 heterocycles. The quantitative estimate of drug-likeness (QED) is 0.449. The molecule has 0 saturated carbocycles. The third-order valence-electron chi connectivity index (χ3n) is 0.814. The van der Waals surface area contributed by atoms with Gasteiger partial charge in [-0.2, -0.15) is 5.90 Å². The van der Waals surface area contributed by atoms with Crippen molar-refractivity contribution in [3.8, 4) is 11.5 Å². The third kappa shape index (κ3) is 0.607. The van der Waals surface area contributed by atoms with Gasteiger partial charge in [-0.05, 0) is 0 Å². The fourth-order valence-corrected chi connectivity index (χ4v) is 0.436. The summed E-state index contributed by atoms with van der Waals surface area (Å²) in [5.74, 6) is 4.99. The molecule has 4 N–H and O–H groups in total. The zero-order chi connectivity index (χ0) is 5.98. The van der Waals surface area contributed by atoms with Gasteiger partial charge in [0.1, 0.15) is 0 Å². The SMILES string of the molecule is NOc1c[nH]cc1O. The Balaban J connectivity index is 2.92. The lowest BCUT2D eigenvalue weighted by Gasteiger charge is -1.90. The second-order valence-corrected chi connectivity index (χ2v) is 1.32. The summed E-state index contributed by atoms with van der Waals surface area (Å²) in [6, 6.07) is 0. The van der Waals surface area contributed by atoms with E-state index in [2.05, 4.69) is 9.82 Å². The van der Waals surface area contributed by atoms with E-state index in [4.69, 9.17) is 11.0 Å². The van der Waals surface area contributed by atoms with E-state index in [0.29, 0.717) is 0 Å². The smallest absolute Gasteiger partial charge is 0.205 e. The standard InChI is InChI=1S/C4H6N2O2/c5-8-4-2-6-1-3(4)7/h1-2,6-7H,5H2. The molecule has 0 unspecified atom stereocenters. The Morgan fingerprint density at radius 3 is 2.62 bits per heavy atom. The summed E-state index contributed by atoms with van der Waals surface area (Å²) < 4.78 is 0. The summed E-state index contributed by atoms with van der Waals surface area (Å²) in [7, 11) is 0. The molecule has 0 aromatic carbocycles. The Morgan fingerprint density at radius 1 is 1.62 bits per heavy atom. The maximum absolute atomic E-state index is 8.71. The molecule has 0 bridgehead atoms. The van der Waals surface area contributed by atoms with E-state index in [0.717, 1.165) is 0 Å². The molecule has 0 aliphatic carbocycles. The average molecular weight is 114 g/mol. The number of hydrogen-bond donors (Lipinski definition) is 3. The van der Waals surface area contributed by atoms with Crippen LogP contribution in [-0.4, -0.2) is 10.1 Å². The van der Waals surface area contributed by atoms with Crippen molar-refractivity contribution in [2.24, 2.45) is 5.90 Å². The summed E-state index contributed by atoms with van der Waals surface area (Å²) in [5, 5.41) is 8.71. The number of nitrogens with one attached hydrogen (secondary N) is 1. The molecular formula is C4H6N2O2. The van der Waals surface area contributed by atoms with Gasteiger partial charge in [0, 0.05) is 12.4 Å². The first-order chi connectivity index (χ1) is 3.84. The predicted octanol–water partition coefficient (Wildman–Crippen LogP) is -0.0272. The molecule has 1 aromatic rings. The molecule has 1 aromatic heterocycles. The maximum atomic E-state index is 8.71. The summed E-state index contributed by atoms with van der Waals surface area (Å²) in [6.45, 7) is 0. The minimum absolute atomic E-state index is 0.0208. The van der Waals surface area contributed by atoms with Gasteiger partial charge >= 0.3 is 0 Å². The van der Waals surface area contributed by atoms with Crippen LogP contribution >= 0.6 is 0 Å². The van der Waals surface area contributed by atoms with Crippen molar-refractivity contribution in [2.75, 3.05) is 0 Å². The number of aromatic nitrogens is 1. The normalized spacial score (nSPS) is 9.12. The molecule has 4 heteroatoms. The predicted molar refractivity (Wildman–Crippen MR) is 27.3 cm³/mol. The Kier molecular flexibility index (Phi) is 1.09. The Hall–Kier alpha value is -1.16. The zero-order valence-corrected chi connectivity index (χ0v) is 4.09. The van der Waals surface area contributed by atoms with E-state index < -0.39 is 0 Å². The molecule has 0 saturated heterocycles. The molecule has 8 heavy (non-hydrogen) atoms. The van der Waals surface area contributed by atoms with Gasteiger partial charge in [-0.1, -0.05) is 0 Å². The minimum atomic E-state index is 0.0208. The zero-order valence-electron chi connectivity index (χ0n) is 4.09. The van der Waals surface area contributed by atoms with Crippen LogP contribution < -0.4 is 10.7 Å². The lowest BCUT2D eigenvalue weighted by molar-refractivity contribution is 0.315. The first-order valence-corrected chi connectivity index (χ1v) is 2.07. The fourth-order valence-electron chi connectivity index (χ4n) is 0.436. The highest BCUT2D eigenvalue weighted by Crippen LogP contribution is 2.21. The van der Waals surface area contributed by atoms with Crippen LogP contribution in [-0.2, 0) is 0 Å². The molecular weight excluding hydrogens is 108 g/mol. The maximum Gasteiger partial charge on any atom is 0.205 e. The van der Waals surface area contributed by atoms with Crippen molar-refractivity contribution in [1.29, 1.82) is 0 Å². The number of nitrogens with two attached hydrogens (primary N) is 1. The fraction of sp³-hybridized carbons (Fsp3) is 0. The van der Waals surface area contributed by atoms with Crippen molar-refractivity contribution in [2.45, 2.75) is 0 Å². The van der Waals surface area contributed by atoms with Crippen LogP contribution in [0.15, 0.2) is 12.4 Å². The van der Waals surface area contributed by atoms with E-state index in [1.54, 1.807) is 0 Å². The van der Waals surface area contributed by atoms with Gasteiger partial charge in [0.2, 0.25) is 5.75 Å². The lowest BCUT2D eigenvalue weighted by atomic mass is 10.6. The minimum Gasteiger partial charge on any atom is -0.503 e. The highest BCUT2D eigenvalue weighted by molar-refractivity contribution is 5.34. The van der Waals surface area contributed by atoms with Crippen LogP contribution in [0.5, 0.6) is 11.5 Å². The lowest BCUT2D eigenvalue weighted by Crippen LogP contribution is -2.00. The first-order valence-electron chi connectivity index (χ1n) is 2.07. The number of rotatable bonds is 1. The van der Waals surface area contributed by atoms with Gasteiger partial charge < -0.3 is 14.9 Å². The van der Waals surface area contributed by atoms with E-state index >= 15 is 0 Å². The molecule has 44 valence electrons. The van der Waals surface area contributed by atoms with Crippen molar-refractivity contribution >= 4 is 0 Å². The van der Waals surface area contributed by atoms with Crippen LogP contribution in [0.2, 0.25) is 0 Å². The van der Waals surface area contributed by atoms with Crippen LogP contribution in [0, 0.1) is 0 Å². The van der Waals surface area contributed by atoms with Crippen LogP contribution in [0.1, 0.15) is 0 Å². The monoisotopic (exact) mass is 114 g/mol. The number of aromatic hydroxyl groups is 1. The van der Waals surface area contributed by atoms with Crippen LogP contribution in [0.3, 0.4) is 0 Å². The average Bonchev–Trinajstić information content (AvgIpc) is 2.14. The molecule has 0 spiro atoms. The van der Waals surface area contributed by atoms with E-state index in [9.17, 15) is 0 Å². The topological polar surface area (TPSA) is 71.3 Å². The van der Waals surface area contributed by atoms with Crippen molar-refractivity contribution in [1.82, 2.24) is 4.98 Å². The molecule has 0 fully saturated rings. The van der Waals surface area contributed by atoms with Crippen molar-refractivity contribution in [3.05, 3.63) is 12.4 Å². The van der Waals surface area contributed by atoms with E-state index in [1.807, 2.05) is 0 Å².